The topological polar surface area (TPSA) is 50.8 Å². The SMILES string of the molecule is Clc1cc(Cl)c2[nH]c(C3CCC=CO3)nc2n1. The van der Waals surface area contributed by atoms with Crippen molar-refractivity contribution in [1.29, 1.82) is 0 Å². The molecule has 0 radical (unpaired) electrons. The van der Waals surface area contributed by atoms with Crippen LogP contribution >= 0.6 is 23.2 Å². The van der Waals surface area contributed by atoms with Crippen molar-refractivity contribution in [3.63, 3.8) is 0 Å². The Morgan fingerprint density at radius 2 is 2.24 bits per heavy atom. The van der Waals surface area contributed by atoms with E-state index >= 15 is 0 Å². The van der Waals surface area contributed by atoms with Gasteiger partial charge in [-0.2, -0.15) is 0 Å². The van der Waals surface area contributed by atoms with Gasteiger partial charge in [-0.1, -0.05) is 23.2 Å². The molecule has 1 unspecified atom stereocenters. The molecule has 2 aromatic rings. The Kier molecular flexibility index (Phi) is 2.68. The molecule has 1 aliphatic rings. The zero-order valence-electron chi connectivity index (χ0n) is 8.78. The first-order valence-electron chi connectivity index (χ1n) is 5.26. The fourth-order valence-corrected chi connectivity index (χ4v) is 2.31. The first kappa shape index (κ1) is 10.9. The fraction of sp³-hybridized carbons (Fsp3) is 0.273. The van der Waals surface area contributed by atoms with E-state index in [-0.39, 0.29) is 6.10 Å². The first-order valence-corrected chi connectivity index (χ1v) is 6.02. The highest BCUT2D eigenvalue weighted by Gasteiger charge is 2.19. The summed E-state index contributed by atoms with van der Waals surface area (Å²) in [7, 11) is 0. The summed E-state index contributed by atoms with van der Waals surface area (Å²) in [6, 6.07) is 1.59. The van der Waals surface area contributed by atoms with Crippen LogP contribution in [0.2, 0.25) is 10.2 Å². The zero-order valence-corrected chi connectivity index (χ0v) is 10.3. The highest BCUT2D eigenvalue weighted by molar-refractivity contribution is 6.37. The van der Waals surface area contributed by atoms with Gasteiger partial charge in [-0.15, -0.1) is 0 Å². The molecule has 0 amide bonds. The van der Waals surface area contributed by atoms with Crippen LogP contribution in [0.25, 0.3) is 11.2 Å². The molecule has 0 fully saturated rings. The van der Waals surface area contributed by atoms with Gasteiger partial charge in [-0.05, 0) is 25.0 Å². The molecule has 17 heavy (non-hydrogen) atoms. The lowest BCUT2D eigenvalue weighted by Gasteiger charge is -2.16. The summed E-state index contributed by atoms with van der Waals surface area (Å²) in [6.45, 7) is 0. The molecule has 0 spiro atoms. The largest absolute Gasteiger partial charge is 0.490 e. The quantitative estimate of drug-likeness (QED) is 0.805. The van der Waals surface area contributed by atoms with E-state index in [2.05, 4.69) is 15.0 Å². The van der Waals surface area contributed by atoms with E-state index in [0.29, 0.717) is 21.3 Å². The van der Waals surface area contributed by atoms with E-state index in [4.69, 9.17) is 27.9 Å². The van der Waals surface area contributed by atoms with Crippen LogP contribution in [-0.2, 0) is 4.74 Å². The van der Waals surface area contributed by atoms with Crippen molar-refractivity contribution in [3.05, 3.63) is 34.4 Å². The number of allylic oxidation sites excluding steroid dienone is 1. The second kappa shape index (κ2) is 4.20. The normalized spacial score (nSPS) is 19.5. The van der Waals surface area contributed by atoms with Crippen LogP contribution in [0.3, 0.4) is 0 Å². The fourth-order valence-electron chi connectivity index (χ4n) is 1.83. The van der Waals surface area contributed by atoms with Crippen molar-refractivity contribution >= 4 is 34.4 Å². The maximum absolute atomic E-state index is 6.06. The molecule has 0 bridgehead atoms. The number of pyridine rings is 1. The Labute approximate surface area is 108 Å². The molecule has 0 aromatic carbocycles. The van der Waals surface area contributed by atoms with E-state index in [0.717, 1.165) is 18.7 Å². The molecule has 88 valence electrons. The van der Waals surface area contributed by atoms with Crippen molar-refractivity contribution in [3.8, 4) is 0 Å². The predicted octanol–water partition coefficient (Wildman–Crippen LogP) is 3.63. The molecule has 0 aliphatic carbocycles. The highest BCUT2D eigenvalue weighted by atomic mass is 35.5. The minimum atomic E-state index is -0.0657. The smallest absolute Gasteiger partial charge is 0.180 e. The van der Waals surface area contributed by atoms with E-state index < -0.39 is 0 Å². The number of hydrogen-bond acceptors (Lipinski definition) is 3. The zero-order chi connectivity index (χ0) is 11.8. The first-order chi connectivity index (χ1) is 8.24. The lowest BCUT2D eigenvalue weighted by atomic mass is 10.1. The molecule has 1 N–H and O–H groups in total. The molecular formula is C11H9Cl2N3O. The number of aromatic amines is 1. The second-order valence-electron chi connectivity index (χ2n) is 3.82. The molecule has 3 heterocycles. The van der Waals surface area contributed by atoms with Gasteiger partial charge in [0.15, 0.2) is 11.8 Å². The maximum atomic E-state index is 6.06. The summed E-state index contributed by atoms with van der Waals surface area (Å²) >= 11 is 11.9. The van der Waals surface area contributed by atoms with E-state index in [1.165, 1.54) is 0 Å². The van der Waals surface area contributed by atoms with Gasteiger partial charge in [0.2, 0.25) is 0 Å². The Hall–Kier alpha value is -1.26. The van der Waals surface area contributed by atoms with Crippen LogP contribution in [-0.4, -0.2) is 15.0 Å². The van der Waals surface area contributed by atoms with E-state index in [9.17, 15) is 0 Å². The number of nitrogens with one attached hydrogen (secondary N) is 1. The molecule has 3 rings (SSSR count). The van der Waals surface area contributed by atoms with Gasteiger partial charge in [-0.3, -0.25) is 0 Å². The molecule has 0 saturated carbocycles. The summed E-state index contributed by atoms with van der Waals surface area (Å²) in [6.07, 6.45) is 5.49. The van der Waals surface area contributed by atoms with Gasteiger partial charge < -0.3 is 9.72 Å². The van der Waals surface area contributed by atoms with Gasteiger partial charge >= 0.3 is 0 Å². The van der Waals surface area contributed by atoms with Crippen LogP contribution < -0.4 is 0 Å². The van der Waals surface area contributed by atoms with Crippen LogP contribution in [0.5, 0.6) is 0 Å². The number of H-pyrrole nitrogens is 1. The average molecular weight is 270 g/mol. The molecule has 4 nitrogen and oxygen atoms in total. The molecule has 1 aliphatic heterocycles. The van der Waals surface area contributed by atoms with Crippen molar-refractivity contribution in [2.75, 3.05) is 0 Å². The third kappa shape index (κ3) is 1.98. The third-order valence-electron chi connectivity index (χ3n) is 2.64. The second-order valence-corrected chi connectivity index (χ2v) is 4.62. The highest BCUT2D eigenvalue weighted by Crippen LogP contribution is 2.29. The number of nitrogens with zero attached hydrogens (tertiary/aromatic N) is 2. The average Bonchev–Trinajstić information content (AvgIpc) is 2.74. The number of halogens is 2. The molecule has 0 saturated heterocycles. The Bertz CT molecular complexity index is 594. The maximum Gasteiger partial charge on any atom is 0.180 e. The Morgan fingerprint density at radius 3 is 3.00 bits per heavy atom. The van der Waals surface area contributed by atoms with Crippen molar-refractivity contribution in [1.82, 2.24) is 15.0 Å². The van der Waals surface area contributed by atoms with Crippen molar-refractivity contribution < 1.29 is 4.74 Å². The number of hydrogen-bond donors (Lipinski definition) is 1. The van der Waals surface area contributed by atoms with Gasteiger partial charge in [0.25, 0.3) is 0 Å². The van der Waals surface area contributed by atoms with Crippen LogP contribution in [0.4, 0.5) is 0 Å². The van der Waals surface area contributed by atoms with E-state index in [1.807, 2.05) is 6.08 Å². The number of imidazole rings is 1. The summed E-state index contributed by atoms with van der Waals surface area (Å²) in [5, 5.41) is 0.857. The number of fused-ring (bicyclic) bond motifs is 1. The number of aromatic nitrogens is 3. The van der Waals surface area contributed by atoms with Gasteiger partial charge in [0.05, 0.1) is 11.3 Å². The summed E-state index contributed by atoms with van der Waals surface area (Å²) < 4.78 is 5.49. The monoisotopic (exact) mass is 269 g/mol. The third-order valence-corrected chi connectivity index (χ3v) is 3.13. The lowest BCUT2D eigenvalue weighted by molar-refractivity contribution is 0.118. The van der Waals surface area contributed by atoms with Crippen LogP contribution in [0.1, 0.15) is 24.8 Å². The molecule has 1 atom stereocenters. The minimum Gasteiger partial charge on any atom is -0.490 e. The van der Waals surface area contributed by atoms with Gasteiger partial charge in [0, 0.05) is 0 Å². The Morgan fingerprint density at radius 1 is 1.35 bits per heavy atom. The van der Waals surface area contributed by atoms with E-state index in [1.54, 1.807) is 12.3 Å². The van der Waals surface area contributed by atoms with Crippen molar-refractivity contribution in [2.45, 2.75) is 18.9 Å². The minimum absolute atomic E-state index is 0.0657. The number of rotatable bonds is 1. The Balaban J connectivity index is 2.07. The molecular weight excluding hydrogens is 261 g/mol. The van der Waals surface area contributed by atoms with Gasteiger partial charge in [0.1, 0.15) is 16.5 Å². The summed E-state index contributed by atoms with van der Waals surface area (Å²) in [5.74, 6) is 0.737. The van der Waals surface area contributed by atoms with Crippen LogP contribution in [0.15, 0.2) is 18.4 Å². The van der Waals surface area contributed by atoms with Gasteiger partial charge in [-0.25, -0.2) is 9.97 Å². The number of ether oxygens (including phenoxy) is 1. The molecule has 2 aromatic heterocycles. The molecule has 6 heteroatoms. The predicted molar refractivity (Wildman–Crippen MR) is 66.1 cm³/mol. The standard InChI is InChI=1S/C11H9Cl2N3O/c12-6-5-8(13)14-11-9(6)15-10(16-11)7-3-1-2-4-17-7/h2,4-5,7H,1,3H2,(H,14,15,16). The summed E-state index contributed by atoms with van der Waals surface area (Å²) in [5.41, 5.74) is 1.22. The summed E-state index contributed by atoms with van der Waals surface area (Å²) in [4.78, 5) is 11.6. The lowest BCUT2D eigenvalue weighted by Crippen LogP contribution is -2.05. The van der Waals surface area contributed by atoms with Crippen molar-refractivity contribution in [2.24, 2.45) is 0 Å². The van der Waals surface area contributed by atoms with Crippen LogP contribution in [0, 0.1) is 0 Å².